The van der Waals surface area contributed by atoms with Gasteiger partial charge in [-0.25, -0.2) is 17.8 Å². The average Bonchev–Trinajstić information content (AvgIpc) is 2.50. The molecule has 0 unspecified atom stereocenters. The molecule has 2 aromatic rings. The van der Waals surface area contributed by atoms with Gasteiger partial charge in [0.05, 0.1) is 12.2 Å². The lowest BCUT2D eigenvalue weighted by Gasteiger charge is -2.06. The van der Waals surface area contributed by atoms with Crippen molar-refractivity contribution in [3.63, 3.8) is 0 Å². The first kappa shape index (κ1) is 17.1. The number of hydrogen-bond donors (Lipinski definition) is 1. The molecule has 0 amide bonds. The second kappa shape index (κ2) is 7.34. The summed E-state index contributed by atoms with van der Waals surface area (Å²) in [5, 5.41) is 5.16. The van der Waals surface area contributed by atoms with Crippen molar-refractivity contribution >= 4 is 16.1 Å². The highest BCUT2D eigenvalue weighted by Crippen LogP contribution is 2.05. The minimum atomic E-state index is -3.56. The fourth-order valence-corrected chi connectivity index (χ4v) is 2.71. The first-order chi connectivity index (χ1) is 10.9. The standard InChI is InChI=1S/C16H19N3O3S/c1-13-3-6-15(7-4-13)9-12-23(21,22)17-10-11-19-16(20)8-5-14(2)18-19/h3-9,12,17H,10-11H2,1-2H3/b12-9+. The van der Waals surface area contributed by atoms with Gasteiger partial charge in [0.2, 0.25) is 10.0 Å². The predicted octanol–water partition coefficient (Wildman–Crippen LogP) is 1.45. The quantitative estimate of drug-likeness (QED) is 0.867. The number of aryl methyl sites for hydroxylation is 2. The highest BCUT2D eigenvalue weighted by Gasteiger charge is 2.05. The van der Waals surface area contributed by atoms with Crippen LogP contribution in [-0.2, 0) is 16.6 Å². The Morgan fingerprint density at radius 2 is 1.83 bits per heavy atom. The topological polar surface area (TPSA) is 81.1 Å². The molecule has 0 saturated heterocycles. The van der Waals surface area contributed by atoms with Gasteiger partial charge in [-0.2, -0.15) is 5.10 Å². The Balaban J connectivity index is 1.95. The molecule has 0 atom stereocenters. The summed E-state index contributed by atoms with van der Waals surface area (Å²) in [5.41, 5.74) is 2.36. The highest BCUT2D eigenvalue weighted by atomic mass is 32.2. The van der Waals surface area contributed by atoms with Gasteiger partial charge in [-0.15, -0.1) is 0 Å². The van der Waals surface area contributed by atoms with Crippen LogP contribution in [-0.4, -0.2) is 24.7 Å². The van der Waals surface area contributed by atoms with Crippen LogP contribution in [0, 0.1) is 13.8 Å². The summed E-state index contributed by atoms with van der Waals surface area (Å²) in [7, 11) is -3.56. The summed E-state index contributed by atoms with van der Waals surface area (Å²) < 4.78 is 27.5. The first-order valence-electron chi connectivity index (χ1n) is 7.15. The van der Waals surface area contributed by atoms with E-state index in [0.29, 0.717) is 5.69 Å². The van der Waals surface area contributed by atoms with Gasteiger partial charge < -0.3 is 0 Å². The van der Waals surface area contributed by atoms with E-state index in [1.54, 1.807) is 13.0 Å². The van der Waals surface area contributed by atoms with E-state index in [0.717, 1.165) is 16.5 Å². The van der Waals surface area contributed by atoms with Crippen molar-refractivity contribution in [2.45, 2.75) is 20.4 Å². The maximum atomic E-state index is 11.9. The zero-order valence-electron chi connectivity index (χ0n) is 13.1. The molecule has 0 fully saturated rings. The van der Waals surface area contributed by atoms with E-state index in [1.165, 1.54) is 16.8 Å². The van der Waals surface area contributed by atoms with Crippen LogP contribution < -0.4 is 10.3 Å². The molecule has 122 valence electrons. The van der Waals surface area contributed by atoms with Gasteiger partial charge in [0.15, 0.2) is 0 Å². The molecule has 0 aliphatic carbocycles. The molecule has 23 heavy (non-hydrogen) atoms. The van der Waals surface area contributed by atoms with E-state index in [1.807, 2.05) is 31.2 Å². The summed E-state index contributed by atoms with van der Waals surface area (Å²) in [6.07, 6.45) is 1.53. The second-order valence-electron chi connectivity index (χ2n) is 5.19. The van der Waals surface area contributed by atoms with Crippen LogP contribution in [0.5, 0.6) is 0 Å². The van der Waals surface area contributed by atoms with Crippen LogP contribution in [0.15, 0.2) is 46.6 Å². The molecular formula is C16H19N3O3S. The van der Waals surface area contributed by atoms with Crippen LogP contribution in [0.2, 0.25) is 0 Å². The maximum absolute atomic E-state index is 11.9. The smallest absolute Gasteiger partial charge is 0.266 e. The number of sulfonamides is 1. The number of aromatic nitrogens is 2. The van der Waals surface area contributed by atoms with Crippen LogP contribution >= 0.6 is 0 Å². The van der Waals surface area contributed by atoms with Crippen LogP contribution in [0.4, 0.5) is 0 Å². The summed E-state index contributed by atoms with van der Waals surface area (Å²) in [6, 6.07) is 10.5. The molecule has 0 radical (unpaired) electrons. The van der Waals surface area contributed by atoms with Crippen molar-refractivity contribution in [3.8, 4) is 0 Å². The molecule has 7 heteroatoms. The van der Waals surface area contributed by atoms with Crippen LogP contribution in [0.3, 0.4) is 0 Å². The molecule has 0 aliphatic rings. The summed E-state index contributed by atoms with van der Waals surface area (Å²) in [6.45, 7) is 4.01. The van der Waals surface area contributed by atoms with Crippen molar-refractivity contribution in [1.29, 1.82) is 0 Å². The maximum Gasteiger partial charge on any atom is 0.266 e. The van der Waals surface area contributed by atoms with E-state index in [9.17, 15) is 13.2 Å². The number of hydrogen-bond acceptors (Lipinski definition) is 4. The Bertz CT molecular complexity index is 853. The monoisotopic (exact) mass is 333 g/mol. The average molecular weight is 333 g/mol. The van der Waals surface area contributed by atoms with Gasteiger partial charge in [0.25, 0.3) is 5.56 Å². The lowest BCUT2D eigenvalue weighted by Crippen LogP contribution is -2.31. The zero-order chi connectivity index (χ0) is 16.9. The van der Waals surface area contributed by atoms with Crippen molar-refractivity contribution < 1.29 is 8.42 Å². The zero-order valence-corrected chi connectivity index (χ0v) is 13.9. The number of nitrogens with one attached hydrogen (secondary N) is 1. The number of rotatable bonds is 6. The molecule has 0 saturated carbocycles. The predicted molar refractivity (Wildman–Crippen MR) is 90.4 cm³/mol. The molecule has 0 bridgehead atoms. The Kier molecular flexibility index (Phi) is 5.46. The van der Waals surface area contributed by atoms with E-state index < -0.39 is 10.0 Å². The Hall–Kier alpha value is -2.25. The third-order valence-corrected chi connectivity index (χ3v) is 4.24. The fourth-order valence-electron chi connectivity index (χ4n) is 1.90. The highest BCUT2D eigenvalue weighted by molar-refractivity contribution is 7.92. The first-order valence-corrected chi connectivity index (χ1v) is 8.69. The third kappa shape index (κ3) is 5.46. The molecule has 1 N–H and O–H groups in total. The van der Waals surface area contributed by atoms with Gasteiger partial charge in [-0.3, -0.25) is 4.79 Å². The van der Waals surface area contributed by atoms with Crippen molar-refractivity contribution in [3.05, 3.63) is 69.0 Å². The number of nitrogens with zero attached hydrogens (tertiary/aromatic N) is 2. The molecule has 6 nitrogen and oxygen atoms in total. The minimum Gasteiger partial charge on any atom is -0.268 e. The summed E-state index contributed by atoms with van der Waals surface area (Å²) in [4.78, 5) is 11.6. The summed E-state index contributed by atoms with van der Waals surface area (Å²) >= 11 is 0. The van der Waals surface area contributed by atoms with E-state index in [-0.39, 0.29) is 18.6 Å². The van der Waals surface area contributed by atoms with Gasteiger partial charge in [-0.1, -0.05) is 29.8 Å². The van der Waals surface area contributed by atoms with Gasteiger partial charge in [0.1, 0.15) is 0 Å². The van der Waals surface area contributed by atoms with E-state index >= 15 is 0 Å². The second-order valence-corrected chi connectivity index (χ2v) is 6.84. The lowest BCUT2D eigenvalue weighted by molar-refractivity contribution is 0.548. The Labute approximate surface area is 135 Å². The van der Waals surface area contributed by atoms with Crippen LogP contribution in [0.25, 0.3) is 6.08 Å². The molecule has 0 spiro atoms. The third-order valence-electron chi connectivity index (χ3n) is 3.14. The van der Waals surface area contributed by atoms with Gasteiger partial charge >= 0.3 is 0 Å². The minimum absolute atomic E-state index is 0.0942. The molecule has 1 aromatic carbocycles. The lowest BCUT2D eigenvalue weighted by atomic mass is 10.2. The van der Waals surface area contributed by atoms with E-state index in [2.05, 4.69) is 9.82 Å². The van der Waals surface area contributed by atoms with E-state index in [4.69, 9.17) is 0 Å². The molecular weight excluding hydrogens is 314 g/mol. The van der Waals surface area contributed by atoms with Crippen molar-refractivity contribution in [1.82, 2.24) is 14.5 Å². The van der Waals surface area contributed by atoms with Gasteiger partial charge in [0, 0.05) is 18.0 Å². The normalized spacial score (nSPS) is 11.9. The Morgan fingerprint density at radius 1 is 1.13 bits per heavy atom. The largest absolute Gasteiger partial charge is 0.268 e. The fraction of sp³-hybridized carbons (Fsp3) is 0.250. The molecule has 2 rings (SSSR count). The molecule has 1 heterocycles. The number of benzene rings is 1. The van der Waals surface area contributed by atoms with Crippen molar-refractivity contribution in [2.24, 2.45) is 0 Å². The Morgan fingerprint density at radius 3 is 2.52 bits per heavy atom. The van der Waals surface area contributed by atoms with Crippen LogP contribution in [0.1, 0.15) is 16.8 Å². The summed E-state index contributed by atoms with van der Waals surface area (Å²) in [5.74, 6) is 0. The van der Waals surface area contributed by atoms with Gasteiger partial charge in [-0.05, 0) is 31.6 Å². The van der Waals surface area contributed by atoms with Crippen molar-refractivity contribution in [2.75, 3.05) is 6.54 Å². The molecule has 1 aromatic heterocycles. The SMILES string of the molecule is Cc1ccc(/C=C/S(=O)(=O)NCCn2nc(C)ccc2=O)cc1. The molecule has 0 aliphatic heterocycles.